The molecule has 0 aliphatic carbocycles. The summed E-state index contributed by atoms with van der Waals surface area (Å²) >= 11 is 0. The smallest absolute Gasteiger partial charge is 0.127 e. The second-order valence-electron chi connectivity index (χ2n) is 3.54. The van der Waals surface area contributed by atoms with Gasteiger partial charge in [-0.15, -0.1) is 0 Å². The molecule has 2 rings (SSSR count). The van der Waals surface area contributed by atoms with Crippen molar-refractivity contribution in [2.45, 2.75) is 13.8 Å². The quantitative estimate of drug-likeness (QED) is 0.667. The van der Waals surface area contributed by atoms with Crippen molar-refractivity contribution in [2.75, 3.05) is 0 Å². The molecule has 0 bridgehead atoms. The number of hydrogen-bond donors (Lipinski definition) is 2. The molecule has 0 spiro atoms. The topological polar surface area (TPSA) is 40.5 Å². The first-order valence-electron chi connectivity index (χ1n) is 4.52. The largest absolute Gasteiger partial charge is 0.507 e. The number of aryl methyl sites for hydroxylation is 2. The van der Waals surface area contributed by atoms with Crippen LogP contribution in [0.3, 0.4) is 0 Å². The number of aromatic hydroxyl groups is 2. The average Bonchev–Trinajstić information content (AvgIpc) is 2.14. The van der Waals surface area contributed by atoms with Crippen molar-refractivity contribution in [3.8, 4) is 11.5 Å². The number of phenolic OH excluding ortho intramolecular Hbond substituents is 2. The highest BCUT2D eigenvalue weighted by Gasteiger charge is 2.08. The van der Waals surface area contributed by atoms with Crippen molar-refractivity contribution in [1.29, 1.82) is 0 Å². The molecule has 14 heavy (non-hydrogen) atoms. The lowest BCUT2D eigenvalue weighted by Gasteiger charge is -2.09. The Morgan fingerprint density at radius 1 is 1.00 bits per heavy atom. The Morgan fingerprint density at radius 3 is 2.43 bits per heavy atom. The Kier molecular flexibility index (Phi) is 1.84. The zero-order chi connectivity index (χ0) is 10.3. The van der Waals surface area contributed by atoms with E-state index in [1.807, 2.05) is 19.9 Å². The minimum atomic E-state index is 0.128. The maximum absolute atomic E-state index is 9.70. The summed E-state index contributed by atoms with van der Waals surface area (Å²) in [5.41, 5.74) is 2.12. The van der Waals surface area contributed by atoms with Crippen LogP contribution in [0.25, 0.3) is 10.8 Å². The van der Waals surface area contributed by atoms with Gasteiger partial charge in [0.25, 0.3) is 0 Å². The highest BCUT2D eigenvalue weighted by molar-refractivity contribution is 5.96. The fourth-order valence-corrected chi connectivity index (χ4v) is 1.72. The van der Waals surface area contributed by atoms with E-state index in [9.17, 15) is 10.2 Å². The first kappa shape index (κ1) is 8.88. The lowest BCUT2D eigenvalue weighted by atomic mass is 9.99. The first-order valence-corrected chi connectivity index (χ1v) is 4.52. The molecule has 2 heteroatoms. The van der Waals surface area contributed by atoms with Crippen molar-refractivity contribution in [1.82, 2.24) is 0 Å². The van der Waals surface area contributed by atoms with Crippen LogP contribution >= 0.6 is 0 Å². The minimum Gasteiger partial charge on any atom is -0.507 e. The fourth-order valence-electron chi connectivity index (χ4n) is 1.72. The number of hydrogen-bond acceptors (Lipinski definition) is 2. The van der Waals surface area contributed by atoms with Crippen LogP contribution in [0.5, 0.6) is 11.5 Å². The van der Waals surface area contributed by atoms with Gasteiger partial charge in [-0.2, -0.15) is 0 Å². The molecule has 0 heterocycles. The molecule has 0 atom stereocenters. The molecule has 0 aromatic heterocycles. The van der Waals surface area contributed by atoms with Gasteiger partial charge < -0.3 is 10.2 Å². The van der Waals surface area contributed by atoms with Gasteiger partial charge in [0.05, 0.1) is 5.39 Å². The van der Waals surface area contributed by atoms with Gasteiger partial charge in [-0.25, -0.2) is 0 Å². The van der Waals surface area contributed by atoms with Crippen LogP contribution in [0, 0.1) is 13.8 Å². The molecule has 0 aliphatic heterocycles. The summed E-state index contributed by atoms with van der Waals surface area (Å²) in [4.78, 5) is 0. The zero-order valence-electron chi connectivity index (χ0n) is 8.20. The van der Waals surface area contributed by atoms with Gasteiger partial charge in [-0.1, -0.05) is 12.1 Å². The molecule has 2 aromatic carbocycles. The summed E-state index contributed by atoms with van der Waals surface area (Å²) in [6.45, 7) is 3.93. The number of rotatable bonds is 0. The maximum atomic E-state index is 9.70. The fraction of sp³-hybridized carbons (Fsp3) is 0.167. The Morgan fingerprint density at radius 2 is 1.71 bits per heavy atom. The Balaban J connectivity index is 3.02. The van der Waals surface area contributed by atoms with Gasteiger partial charge in [0, 0.05) is 0 Å². The standard InChI is InChI=1S/C12H12O2/c1-7-6-11(14)12-9(8(7)2)4-3-5-10(12)13/h3-6,13-14H,1-2H3. The van der Waals surface area contributed by atoms with E-state index in [0.29, 0.717) is 5.39 Å². The Labute approximate surface area is 82.4 Å². The highest BCUT2D eigenvalue weighted by atomic mass is 16.3. The minimum absolute atomic E-state index is 0.128. The zero-order valence-corrected chi connectivity index (χ0v) is 8.20. The van der Waals surface area contributed by atoms with Gasteiger partial charge in [0.2, 0.25) is 0 Å². The Hall–Kier alpha value is -1.70. The lowest BCUT2D eigenvalue weighted by molar-refractivity contribution is 0.463. The average molecular weight is 188 g/mol. The molecule has 2 aromatic rings. The summed E-state index contributed by atoms with van der Waals surface area (Å²) < 4.78 is 0. The van der Waals surface area contributed by atoms with Gasteiger partial charge in [-0.3, -0.25) is 0 Å². The van der Waals surface area contributed by atoms with E-state index in [1.165, 1.54) is 0 Å². The molecule has 2 N–H and O–H groups in total. The highest BCUT2D eigenvalue weighted by Crippen LogP contribution is 2.35. The van der Waals surface area contributed by atoms with Crippen LogP contribution in [0.4, 0.5) is 0 Å². The summed E-state index contributed by atoms with van der Waals surface area (Å²) in [6.07, 6.45) is 0. The van der Waals surface area contributed by atoms with E-state index in [1.54, 1.807) is 18.2 Å². The monoisotopic (exact) mass is 188 g/mol. The molecule has 72 valence electrons. The number of fused-ring (bicyclic) bond motifs is 1. The van der Waals surface area contributed by atoms with Crippen molar-refractivity contribution < 1.29 is 10.2 Å². The van der Waals surface area contributed by atoms with E-state index < -0.39 is 0 Å². The van der Waals surface area contributed by atoms with Crippen LogP contribution in [0.1, 0.15) is 11.1 Å². The second kappa shape index (κ2) is 2.91. The molecule has 0 aliphatic rings. The van der Waals surface area contributed by atoms with Crippen LogP contribution in [0.2, 0.25) is 0 Å². The summed E-state index contributed by atoms with van der Waals surface area (Å²) in [6, 6.07) is 6.94. The van der Waals surface area contributed by atoms with Gasteiger partial charge in [0.15, 0.2) is 0 Å². The van der Waals surface area contributed by atoms with Crippen molar-refractivity contribution in [2.24, 2.45) is 0 Å². The predicted octanol–water partition coefficient (Wildman–Crippen LogP) is 2.87. The van der Waals surface area contributed by atoms with Crippen molar-refractivity contribution >= 4 is 10.8 Å². The van der Waals surface area contributed by atoms with Gasteiger partial charge in [0.1, 0.15) is 11.5 Å². The van der Waals surface area contributed by atoms with Crippen LogP contribution in [0.15, 0.2) is 24.3 Å². The van der Waals surface area contributed by atoms with Gasteiger partial charge in [-0.05, 0) is 42.5 Å². The van der Waals surface area contributed by atoms with Crippen LogP contribution in [-0.2, 0) is 0 Å². The molecule has 0 saturated heterocycles. The van der Waals surface area contributed by atoms with Crippen molar-refractivity contribution in [3.05, 3.63) is 35.4 Å². The van der Waals surface area contributed by atoms with E-state index in [0.717, 1.165) is 16.5 Å². The van der Waals surface area contributed by atoms with Crippen LogP contribution < -0.4 is 0 Å². The maximum Gasteiger partial charge on any atom is 0.127 e. The second-order valence-corrected chi connectivity index (χ2v) is 3.54. The van der Waals surface area contributed by atoms with E-state index in [-0.39, 0.29) is 11.5 Å². The van der Waals surface area contributed by atoms with E-state index in [2.05, 4.69) is 0 Å². The summed E-state index contributed by atoms with van der Waals surface area (Å²) in [5, 5.41) is 20.7. The van der Waals surface area contributed by atoms with Crippen molar-refractivity contribution in [3.63, 3.8) is 0 Å². The van der Waals surface area contributed by atoms with Gasteiger partial charge >= 0.3 is 0 Å². The third-order valence-electron chi connectivity index (χ3n) is 2.65. The summed E-state index contributed by atoms with van der Waals surface area (Å²) in [7, 11) is 0. The molecule has 0 unspecified atom stereocenters. The molecule has 0 fully saturated rings. The molecular formula is C12H12O2. The first-order chi connectivity index (χ1) is 6.61. The predicted molar refractivity (Wildman–Crippen MR) is 56.8 cm³/mol. The number of phenols is 2. The molecular weight excluding hydrogens is 176 g/mol. The Bertz CT molecular complexity index is 501. The lowest BCUT2D eigenvalue weighted by Crippen LogP contribution is -1.85. The molecule has 0 radical (unpaired) electrons. The van der Waals surface area contributed by atoms with E-state index >= 15 is 0 Å². The SMILES string of the molecule is Cc1cc(O)c2c(O)cccc2c1C. The molecule has 2 nitrogen and oxygen atoms in total. The molecule has 0 saturated carbocycles. The normalized spacial score (nSPS) is 10.7. The third-order valence-corrected chi connectivity index (χ3v) is 2.65. The third kappa shape index (κ3) is 1.11. The number of benzene rings is 2. The van der Waals surface area contributed by atoms with Crippen LogP contribution in [-0.4, -0.2) is 10.2 Å². The molecule has 0 amide bonds. The van der Waals surface area contributed by atoms with E-state index in [4.69, 9.17) is 0 Å². The summed E-state index contributed by atoms with van der Waals surface area (Å²) in [5.74, 6) is 0.268.